The molecule has 156 valence electrons. The van der Waals surface area contributed by atoms with Crippen molar-refractivity contribution in [3.8, 4) is 16.8 Å². The van der Waals surface area contributed by atoms with Crippen molar-refractivity contribution in [1.29, 1.82) is 0 Å². The molecule has 0 radical (unpaired) electrons. The molecule has 0 saturated carbocycles. The van der Waals surface area contributed by atoms with E-state index in [1.165, 1.54) is 21.8 Å². The average Bonchev–Trinajstić information content (AvgIpc) is 3.41. The summed E-state index contributed by atoms with van der Waals surface area (Å²) in [5.74, 6) is 0. The van der Waals surface area contributed by atoms with Crippen LogP contribution >= 0.6 is 15.9 Å². The maximum absolute atomic E-state index is 6.39. The van der Waals surface area contributed by atoms with Gasteiger partial charge in [-0.25, -0.2) is 0 Å². The van der Waals surface area contributed by atoms with Gasteiger partial charge in [0.2, 0.25) is 0 Å². The van der Waals surface area contributed by atoms with Gasteiger partial charge in [-0.3, -0.25) is 0 Å². The summed E-state index contributed by atoms with van der Waals surface area (Å²) in [6, 6.07) is 38.5. The molecule has 0 aliphatic heterocycles. The third kappa shape index (κ3) is 2.73. The Morgan fingerprint density at radius 3 is 1.91 bits per heavy atom. The third-order valence-electron chi connectivity index (χ3n) is 6.47. The second kappa shape index (κ2) is 7.09. The number of hydrogen-bond donors (Lipinski definition) is 0. The van der Waals surface area contributed by atoms with E-state index in [1.807, 2.05) is 6.07 Å². The van der Waals surface area contributed by atoms with Gasteiger partial charge in [-0.2, -0.15) is 0 Å². The van der Waals surface area contributed by atoms with Gasteiger partial charge < -0.3 is 8.98 Å². The number of hydrogen-bond acceptors (Lipinski definition) is 1. The molecule has 5 aromatic carbocycles. The number of nitrogens with zero attached hydrogens (tertiary/aromatic N) is 1. The maximum Gasteiger partial charge on any atom is 0.149 e. The first-order valence-corrected chi connectivity index (χ1v) is 11.8. The van der Waals surface area contributed by atoms with E-state index in [0.29, 0.717) is 0 Å². The number of halogens is 1. The zero-order valence-electron chi connectivity index (χ0n) is 17.6. The van der Waals surface area contributed by atoms with Crippen LogP contribution in [-0.4, -0.2) is 4.57 Å². The van der Waals surface area contributed by atoms with Gasteiger partial charge >= 0.3 is 0 Å². The highest BCUT2D eigenvalue weighted by Gasteiger charge is 2.15. The van der Waals surface area contributed by atoms with Gasteiger partial charge in [0, 0.05) is 32.8 Å². The summed E-state index contributed by atoms with van der Waals surface area (Å²) < 4.78 is 9.71. The average molecular weight is 488 g/mol. The van der Waals surface area contributed by atoms with Crippen LogP contribution in [0.1, 0.15) is 0 Å². The number of rotatable bonds is 2. The Labute approximate surface area is 198 Å². The molecule has 0 unspecified atom stereocenters. The zero-order valence-corrected chi connectivity index (χ0v) is 19.2. The molecule has 0 spiro atoms. The van der Waals surface area contributed by atoms with Gasteiger partial charge in [-0.1, -0.05) is 78.9 Å². The lowest BCUT2D eigenvalue weighted by molar-refractivity contribution is 0.668. The quantitative estimate of drug-likeness (QED) is 0.237. The summed E-state index contributed by atoms with van der Waals surface area (Å²) >= 11 is 3.64. The lowest BCUT2D eigenvalue weighted by Gasteiger charge is -2.10. The van der Waals surface area contributed by atoms with E-state index in [1.54, 1.807) is 0 Å². The summed E-state index contributed by atoms with van der Waals surface area (Å²) in [6.45, 7) is 0. The van der Waals surface area contributed by atoms with Crippen LogP contribution in [-0.2, 0) is 0 Å². The number of aromatic nitrogens is 1. The highest BCUT2D eigenvalue weighted by Crippen LogP contribution is 2.39. The van der Waals surface area contributed by atoms with E-state index < -0.39 is 0 Å². The Balaban J connectivity index is 1.50. The maximum atomic E-state index is 6.39. The molecule has 2 aromatic heterocycles. The van der Waals surface area contributed by atoms with Gasteiger partial charge in [-0.15, -0.1) is 0 Å². The van der Waals surface area contributed by atoms with E-state index in [4.69, 9.17) is 4.42 Å². The second-order valence-electron chi connectivity index (χ2n) is 8.32. The van der Waals surface area contributed by atoms with Crippen LogP contribution < -0.4 is 0 Å². The number of fused-ring (bicyclic) bond motifs is 6. The number of para-hydroxylation sites is 4. The molecule has 2 nitrogen and oxygen atoms in total. The first-order chi connectivity index (χ1) is 16.3. The summed E-state index contributed by atoms with van der Waals surface area (Å²) in [5, 5.41) is 4.79. The molecule has 0 N–H and O–H groups in total. The largest absolute Gasteiger partial charge is 0.454 e. The molecule has 7 rings (SSSR count). The van der Waals surface area contributed by atoms with Crippen molar-refractivity contribution < 1.29 is 4.42 Å². The fraction of sp³-hybridized carbons (Fsp3) is 0. The predicted octanol–water partition coefficient (Wildman–Crippen LogP) is 9.11. The molecule has 0 fully saturated rings. The van der Waals surface area contributed by atoms with Crippen LogP contribution in [0.25, 0.3) is 60.6 Å². The molecule has 0 bridgehead atoms. The Hall–Kier alpha value is -3.82. The van der Waals surface area contributed by atoms with Crippen molar-refractivity contribution >= 4 is 59.7 Å². The first kappa shape index (κ1) is 18.7. The normalized spacial score (nSPS) is 11.8. The Morgan fingerprint density at radius 2 is 1.15 bits per heavy atom. The molecule has 0 saturated heterocycles. The fourth-order valence-corrected chi connectivity index (χ4v) is 5.47. The van der Waals surface area contributed by atoms with Gasteiger partial charge in [0.25, 0.3) is 0 Å². The van der Waals surface area contributed by atoms with Crippen molar-refractivity contribution in [1.82, 2.24) is 4.57 Å². The number of benzene rings is 5. The molecule has 3 heteroatoms. The molecule has 33 heavy (non-hydrogen) atoms. The van der Waals surface area contributed by atoms with Crippen LogP contribution in [0.5, 0.6) is 0 Å². The summed E-state index contributed by atoms with van der Waals surface area (Å²) in [5.41, 5.74) is 7.59. The molecule has 0 amide bonds. The fourth-order valence-electron chi connectivity index (χ4n) is 5.03. The van der Waals surface area contributed by atoms with Gasteiger partial charge in [0.15, 0.2) is 0 Å². The Kier molecular flexibility index (Phi) is 4.02. The van der Waals surface area contributed by atoms with E-state index in [0.717, 1.165) is 43.2 Å². The smallest absolute Gasteiger partial charge is 0.149 e. The monoisotopic (exact) mass is 487 g/mol. The SMILES string of the molecule is Brc1cccc2c1oc1c(-c3cccc(-n4c5ccccc5c5ccccc54)c3)cccc12. The lowest BCUT2D eigenvalue weighted by atomic mass is 10.0. The van der Waals surface area contributed by atoms with Crippen LogP contribution in [0.2, 0.25) is 0 Å². The van der Waals surface area contributed by atoms with Crippen molar-refractivity contribution in [3.63, 3.8) is 0 Å². The van der Waals surface area contributed by atoms with Crippen molar-refractivity contribution in [3.05, 3.63) is 114 Å². The molecular formula is C30H18BrNO. The van der Waals surface area contributed by atoms with Crippen LogP contribution in [0, 0.1) is 0 Å². The Bertz CT molecular complexity index is 1790. The summed E-state index contributed by atoms with van der Waals surface area (Å²) in [6.07, 6.45) is 0. The van der Waals surface area contributed by atoms with Crippen molar-refractivity contribution in [2.24, 2.45) is 0 Å². The third-order valence-corrected chi connectivity index (χ3v) is 7.10. The first-order valence-electron chi connectivity index (χ1n) is 11.0. The van der Waals surface area contributed by atoms with E-state index in [-0.39, 0.29) is 0 Å². The van der Waals surface area contributed by atoms with E-state index in [9.17, 15) is 0 Å². The van der Waals surface area contributed by atoms with Gasteiger partial charge in [-0.05, 0) is 51.8 Å². The second-order valence-corrected chi connectivity index (χ2v) is 9.18. The minimum atomic E-state index is 0.888. The zero-order chi connectivity index (χ0) is 21.9. The summed E-state index contributed by atoms with van der Waals surface area (Å²) in [4.78, 5) is 0. The van der Waals surface area contributed by atoms with Gasteiger partial charge in [0.05, 0.1) is 15.5 Å². The molecule has 0 aliphatic rings. The van der Waals surface area contributed by atoms with Crippen LogP contribution in [0.15, 0.2) is 118 Å². The highest BCUT2D eigenvalue weighted by atomic mass is 79.9. The predicted molar refractivity (Wildman–Crippen MR) is 141 cm³/mol. The standard InChI is InChI=1S/C30H18BrNO/c31-26-15-7-14-25-24-13-6-12-21(29(24)33-30(25)26)19-8-5-9-20(18-19)32-27-16-3-1-10-22(27)23-11-2-4-17-28(23)32/h1-18H. The van der Waals surface area contributed by atoms with Crippen LogP contribution in [0.3, 0.4) is 0 Å². The number of furan rings is 1. The topological polar surface area (TPSA) is 18.1 Å². The molecule has 0 atom stereocenters. The van der Waals surface area contributed by atoms with Crippen molar-refractivity contribution in [2.45, 2.75) is 0 Å². The van der Waals surface area contributed by atoms with E-state index >= 15 is 0 Å². The lowest BCUT2D eigenvalue weighted by Crippen LogP contribution is -1.94. The summed E-state index contributed by atoms with van der Waals surface area (Å²) in [7, 11) is 0. The molecule has 0 aliphatic carbocycles. The highest BCUT2D eigenvalue weighted by molar-refractivity contribution is 9.10. The minimum Gasteiger partial charge on any atom is -0.454 e. The minimum absolute atomic E-state index is 0.888. The molecule has 2 heterocycles. The van der Waals surface area contributed by atoms with Crippen LogP contribution in [0.4, 0.5) is 0 Å². The Morgan fingerprint density at radius 1 is 0.545 bits per heavy atom. The van der Waals surface area contributed by atoms with Gasteiger partial charge in [0.1, 0.15) is 11.2 Å². The van der Waals surface area contributed by atoms with E-state index in [2.05, 4.69) is 124 Å². The molecular weight excluding hydrogens is 470 g/mol. The molecule has 7 aromatic rings. The van der Waals surface area contributed by atoms with Crippen molar-refractivity contribution in [2.75, 3.05) is 0 Å².